The van der Waals surface area contributed by atoms with Crippen LogP contribution in [0.1, 0.15) is 29.3 Å². The van der Waals surface area contributed by atoms with E-state index in [0.29, 0.717) is 17.7 Å². The Morgan fingerprint density at radius 1 is 1.11 bits per heavy atom. The van der Waals surface area contributed by atoms with Gasteiger partial charge in [0.25, 0.3) is 0 Å². The van der Waals surface area contributed by atoms with Gasteiger partial charge in [-0.05, 0) is 42.8 Å². The highest BCUT2D eigenvalue weighted by molar-refractivity contribution is 6.09. The average molecular weight is 258 g/mol. The quantitative estimate of drug-likeness (QED) is 0.761. The second-order valence-corrected chi connectivity index (χ2v) is 4.21. The van der Waals surface area contributed by atoms with Crippen LogP contribution in [0, 0.1) is 5.82 Å². The van der Waals surface area contributed by atoms with E-state index in [-0.39, 0.29) is 5.78 Å². The first-order chi connectivity index (χ1) is 9.20. The van der Waals surface area contributed by atoms with Crippen LogP contribution in [0.5, 0.6) is 5.75 Å². The highest BCUT2D eigenvalue weighted by Gasteiger charge is 2.09. The predicted octanol–water partition coefficient (Wildman–Crippen LogP) is 3.85. The zero-order valence-corrected chi connectivity index (χ0v) is 10.7. The molecule has 0 saturated carbocycles. The molecule has 3 heteroatoms. The largest absolute Gasteiger partial charge is 0.494 e. The molecule has 0 amide bonds. The number of rotatable bonds is 5. The number of carbonyl (C=O) groups excluding carboxylic acids is 1. The molecule has 19 heavy (non-hydrogen) atoms. The van der Waals surface area contributed by atoms with Crippen LogP contribution in [0.4, 0.5) is 4.39 Å². The standard InChI is InChI=1S/C16H15FO2/c1-2-10-19-15-8-6-12(7-9-15)16(18)13-4-3-5-14(17)11-13/h3-9,11H,2,10H2,1H3. The Kier molecular flexibility index (Phi) is 4.29. The van der Waals surface area contributed by atoms with E-state index in [1.807, 2.05) is 6.92 Å². The predicted molar refractivity (Wildman–Crippen MR) is 72.1 cm³/mol. The lowest BCUT2D eigenvalue weighted by Crippen LogP contribution is -2.02. The van der Waals surface area contributed by atoms with Crippen molar-refractivity contribution < 1.29 is 13.9 Å². The third-order valence-corrected chi connectivity index (χ3v) is 2.68. The molecule has 2 aromatic rings. The van der Waals surface area contributed by atoms with Gasteiger partial charge in [-0.15, -0.1) is 0 Å². The molecule has 2 rings (SSSR count). The lowest BCUT2D eigenvalue weighted by atomic mass is 10.0. The summed E-state index contributed by atoms with van der Waals surface area (Å²) in [6.07, 6.45) is 0.934. The van der Waals surface area contributed by atoms with Crippen molar-refractivity contribution in [3.05, 3.63) is 65.5 Å². The van der Waals surface area contributed by atoms with Crippen molar-refractivity contribution in [2.24, 2.45) is 0 Å². The van der Waals surface area contributed by atoms with Gasteiger partial charge in [0.05, 0.1) is 6.61 Å². The van der Waals surface area contributed by atoms with E-state index in [4.69, 9.17) is 4.74 Å². The number of halogens is 1. The summed E-state index contributed by atoms with van der Waals surface area (Å²) < 4.78 is 18.5. The number of carbonyl (C=O) groups is 1. The Labute approximate surface area is 111 Å². The molecule has 0 saturated heterocycles. The fourth-order valence-electron chi connectivity index (χ4n) is 1.72. The Morgan fingerprint density at radius 3 is 2.47 bits per heavy atom. The summed E-state index contributed by atoms with van der Waals surface area (Å²) in [7, 11) is 0. The number of ether oxygens (including phenoxy) is 1. The summed E-state index contributed by atoms with van der Waals surface area (Å²) in [5.74, 6) is 0.132. The molecule has 0 fully saturated rings. The fraction of sp³-hybridized carbons (Fsp3) is 0.188. The van der Waals surface area contributed by atoms with Crippen LogP contribution >= 0.6 is 0 Å². The third kappa shape index (κ3) is 3.41. The minimum Gasteiger partial charge on any atom is -0.494 e. The van der Waals surface area contributed by atoms with Gasteiger partial charge < -0.3 is 4.74 Å². The molecule has 0 aliphatic rings. The first-order valence-electron chi connectivity index (χ1n) is 6.24. The average Bonchev–Trinajstić information content (AvgIpc) is 2.45. The van der Waals surface area contributed by atoms with E-state index in [1.54, 1.807) is 30.3 Å². The van der Waals surface area contributed by atoms with Crippen LogP contribution in [-0.2, 0) is 0 Å². The Hall–Kier alpha value is -2.16. The molecule has 0 aliphatic heterocycles. The summed E-state index contributed by atoms with van der Waals surface area (Å²) in [5, 5.41) is 0. The normalized spacial score (nSPS) is 10.2. The van der Waals surface area contributed by atoms with Crippen LogP contribution in [0.15, 0.2) is 48.5 Å². The third-order valence-electron chi connectivity index (χ3n) is 2.68. The summed E-state index contributed by atoms with van der Waals surface area (Å²) in [5.41, 5.74) is 0.872. The van der Waals surface area contributed by atoms with E-state index >= 15 is 0 Å². The maximum atomic E-state index is 13.1. The first-order valence-corrected chi connectivity index (χ1v) is 6.24. The maximum absolute atomic E-state index is 13.1. The zero-order valence-electron chi connectivity index (χ0n) is 10.7. The number of hydrogen-bond acceptors (Lipinski definition) is 2. The fourth-order valence-corrected chi connectivity index (χ4v) is 1.72. The van der Waals surface area contributed by atoms with Gasteiger partial charge in [0, 0.05) is 11.1 Å². The highest BCUT2D eigenvalue weighted by atomic mass is 19.1. The smallest absolute Gasteiger partial charge is 0.193 e. The second-order valence-electron chi connectivity index (χ2n) is 4.21. The molecule has 2 aromatic carbocycles. The van der Waals surface area contributed by atoms with E-state index in [2.05, 4.69) is 0 Å². The van der Waals surface area contributed by atoms with Gasteiger partial charge in [-0.25, -0.2) is 4.39 Å². The molecule has 0 radical (unpaired) electrons. The lowest BCUT2D eigenvalue weighted by molar-refractivity contribution is 0.103. The van der Waals surface area contributed by atoms with Gasteiger partial charge in [0.1, 0.15) is 11.6 Å². The van der Waals surface area contributed by atoms with Crippen LogP contribution in [0.25, 0.3) is 0 Å². The van der Waals surface area contributed by atoms with Crippen molar-refractivity contribution in [3.63, 3.8) is 0 Å². The summed E-state index contributed by atoms with van der Waals surface area (Å²) >= 11 is 0. The number of ketones is 1. The van der Waals surface area contributed by atoms with Crippen LogP contribution < -0.4 is 4.74 Å². The van der Waals surface area contributed by atoms with Gasteiger partial charge in [-0.3, -0.25) is 4.79 Å². The Morgan fingerprint density at radius 2 is 1.84 bits per heavy atom. The number of benzene rings is 2. The van der Waals surface area contributed by atoms with E-state index in [9.17, 15) is 9.18 Å². The molecular weight excluding hydrogens is 243 g/mol. The van der Waals surface area contributed by atoms with Crippen molar-refractivity contribution in [3.8, 4) is 5.75 Å². The SMILES string of the molecule is CCCOc1ccc(C(=O)c2cccc(F)c2)cc1. The molecule has 0 bridgehead atoms. The Balaban J connectivity index is 2.15. The minimum atomic E-state index is -0.409. The topological polar surface area (TPSA) is 26.3 Å². The lowest BCUT2D eigenvalue weighted by Gasteiger charge is -2.05. The second kappa shape index (κ2) is 6.14. The molecule has 0 N–H and O–H groups in total. The van der Waals surface area contributed by atoms with E-state index in [0.717, 1.165) is 12.2 Å². The first kappa shape index (κ1) is 13.3. The summed E-state index contributed by atoms with van der Waals surface area (Å²) in [4.78, 5) is 12.1. The molecule has 0 unspecified atom stereocenters. The van der Waals surface area contributed by atoms with Crippen molar-refractivity contribution in [1.29, 1.82) is 0 Å². The van der Waals surface area contributed by atoms with Gasteiger partial charge in [-0.1, -0.05) is 19.1 Å². The van der Waals surface area contributed by atoms with E-state index < -0.39 is 5.82 Å². The molecule has 2 nitrogen and oxygen atoms in total. The van der Waals surface area contributed by atoms with Crippen molar-refractivity contribution >= 4 is 5.78 Å². The maximum Gasteiger partial charge on any atom is 0.193 e. The summed E-state index contributed by atoms with van der Waals surface area (Å²) in [6, 6.07) is 12.6. The molecule has 0 atom stereocenters. The summed E-state index contributed by atoms with van der Waals surface area (Å²) in [6.45, 7) is 2.68. The van der Waals surface area contributed by atoms with Crippen LogP contribution in [0.3, 0.4) is 0 Å². The molecule has 0 heterocycles. The number of hydrogen-bond donors (Lipinski definition) is 0. The Bertz CT molecular complexity index is 561. The van der Waals surface area contributed by atoms with Gasteiger partial charge >= 0.3 is 0 Å². The van der Waals surface area contributed by atoms with E-state index in [1.165, 1.54) is 18.2 Å². The van der Waals surface area contributed by atoms with Crippen molar-refractivity contribution in [1.82, 2.24) is 0 Å². The van der Waals surface area contributed by atoms with Gasteiger partial charge in [0.15, 0.2) is 5.78 Å². The molecule has 0 aliphatic carbocycles. The molecule has 0 aromatic heterocycles. The molecule has 0 spiro atoms. The molecule has 98 valence electrons. The van der Waals surface area contributed by atoms with Gasteiger partial charge in [-0.2, -0.15) is 0 Å². The van der Waals surface area contributed by atoms with Gasteiger partial charge in [0.2, 0.25) is 0 Å². The molecular formula is C16H15FO2. The highest BCUT2D eigenvalue weighted by Crippen LogP contribution is 2.16. The monoisotopic (exact) mass is 258 g/mol. The van der Waals surface area contributed by atoms with Crippen LogP contribution in [0.2, 0.25) is 0 Å². The van der Waals surface area contributed by atoms with Crippen molar-refractivity contribution in [2.75, 3.05) is 6.61 Å². The van der Waals surface area contributed by atoms with Crippen molar-refractivity contribution in [2.45, 2.75) is 13.3 Å². The van der Waals surface area contributed by atoms with Crippen LogP contribution in [-0.4, -0.2) is 12.4 Å². The zero-order chi connectivity index (χ0) is 13.7. The minimum absolute atomic E-state index is 0.193.